The van der Waals surface area contributed by atoms with Crippen molar-refractivity contribution in [1.82, 2.24) is 4.98 Å². The van der Waals surface area contributed by atoms with E-state index in [9.17, 15) is 4.79 Å². The summed E-state index contributed by atoms with van der Waals surface area (Å²) in [5, 5.41) is 0. The van der Waals surface area contributed by atoms with E-state index in [1.807, 2.05) is 30.3 Å². The highest BCUT2D eigenvalue weighted by atomic mass is 79.9. The van der Waals surface area contributed by atoms with Crippen molar-refractivity contribution in [3.05, 3.63) is 64.5 Å². The highest BCUT2D eigenvalue weighted by Crippen LogP contribution is 2.22. The van der Waals surface area contributed by atoms with E-state index in [-0.39, 0.29) is 6.61 Å². The molecule has 2 rings (SSSR count). The van der Waals surface area contributed by atoms with Gasteiger partial charge >= 0.3 is 5.97 Å². The van der Waals surface area contributed by atoms with Crippen LogP contribution in [0.15, 0.2) is 53.3 Å². The number of aromatic nitrogens is 1. The van der Waals surface area contributed by atoms with Gasteiger partial charge in [0, 0.05) is 16.7 Å². The van der Waals surface area contributed by atoms with Crippen LogP contribution in [0.4, 0.5) is 0 Å². The zero-order valence-electron chi connectivity index (χ0n) is 12.8. The molecule has 1 aromatic heterocycles. The lowest BCUT2D eigenvalue weighted by atomic mass is 10.0. The van der Waals surface area contributed by atoms with Crippen LogP contribution in [0.3, 0.4) is 0 Å². The fourth-order valence-electron chi connectivity index (χ4n) is 1.96. The lowest BCUT2D eigenvalue weighted by molar-refractivity contribution is -0.133. The maximum Gasteiger partial charge on any atom is 0.341 e. The van der Waals surface area contributed by atoms with Crippen LogP contribution in [0.2, 0.25) is 0 Å². The molecule has 0 saturated carbocycles. The van der Waals surface area contributed by atoms with Crippen LogP contribution >= 0.6 is 15.9 Å². The Morgan fingerprint density at radius 2 is 2.00 bits per heavy atom. The lowest BCUT2D eigenvalue weighted by Gasteiger charge is -2.12. The van der Waals surface area contributed by atoms with E-state index in [1.165, 1.54) is 20.5 Å². The number of esters is 1. The van der Waals surface area contributed by atoms with Crippen LogP contribution < -0.4 is 4.74 Å². The van der Waals surface area contributed by atoms with E-state index in [1.54, 1.807) is 12.3 Å². The Morgan fingerprint density at radius 1 is 1.22 bits per heavy atom. The molecule has 1 heterocycles. The van der Waals surface area contributed by atoms with Crippen LogP contribution in [0.1, 0.15) is 11.1 Å². The van der Waals surface area contributed by atoms with Crippen molar-refractivity contribution in [3.63, 3.8) is 0 Å². The van der Waals surface area contributed by atoms with Crippen molar-refractivity contribution < 1.29 is 19.0 Å². The number of rotatable bonds is 6. The molecule has 6 heteroatoms. The number of ether oxygens (including phenoxy) is 3. The minimum atomic E-state index is -0.471. The van der Waals surface area contributed by atoms with E-state index < -0.39 is 5.97 Å². The molecule has 0 aliphatic carbocycles. The van der Waals surface area contributed by atoms with Crippen LogP contribution in [0.5, 0.6) is 5.88 Å². The Labute approximate surface area is 143 Å². The van der Waals surface area contributed by atoms with Gasteiger partial charge in [-0.1, -0.05) is 24.3 Å². The maximum absolute atomic E-state index is 11.9. The molecule has 120 valence electrons. The van der Waals surface area contributed by atoms with Gasteiger partial charge in [-0.05, 0) is 33.1 Å². The summed E-state index contributed by atoms with van der Waals surface area (Å²) >= 11 is 3.32. The molecule has 5 nitrogen and oxygen atoms in total. The van der Waals surface area contributed by atoms with Gasteiger partial charge in [0.1, 0.15) is 12.2 Å². The Balaban J connectivity index is 2.24. The molecule has 0 spiro atoms. The number of pyridine rings is 1. The third kappa shape index (κ3) is 4.56. The van der Waals surface area contributed by atoms with Crippen LogP contribution in [0, 0.1) is 0 Å². The summed E-state index contributed by atoms with van der Waals surface area (Å²) < 4.78 is 16.3. The molecule has 0 fully saturated rings. The van der Waals surface area contributed by atoms with Crippen molar-refractivity contribution in [2.75, 3.05) is 14.2 Å². The van der Waals surface area contributed by atoms with Gasteiger partial charge in [-0.2, -0.15) is 0 Å². The summed E-state index contributed by atoms with van der Waals surface area (Å²) in [5.41, 5.74) is 1.85. The van der Waals surface area contributed by atoms with Crippen LogP contribution in [-0.4, -0.2) is 25.2 Å². The van der Waals surface area contributed by atoms with Crippen molar-refractivity contribution in [2.24, 2.45) is 0 Å². The number of methoxy groups -OCH3 is 2. The molecule has 0 saturated heterocycles. The first-order chi connectivity index (χ1) is 11.2. The predicted octanol–water partition coefficient (Wildman–Crippen LogP) is 3.58. The molecule has 0 bridgehead atoms. The van der Waals surface area contributed by atoms with Crippen LogP contribution in [-0.2, 0) is 20.9 Å². The van der Waals surface area contributed by atoms with Gasteiger partial charge in [-0.25, -0.2) is 9.78 Å². The van der Waals surface area contributed by atoms with Gasteiger partial charge in [-0.15, -0.1) is 0 Å². The largest absolute Gasteiger partial charge is 0.503 e. The molecule has 0 unspecified atom stereocenters. The summed E-state index contributed by atoms with van der Waals surface area (Å²) in [7, 11) is 2.81. The van der Waals surface area contributed by atoms with E-state index in [0.717, 1.165) is 10.0 Å². The summed E-state index contributed by atoms with van der Waals surface area (Å²) in [6, 6.07) is 11.0. The van der Waals surface area contributed by atoms with E-state index >= 15 is 0 Å². The highest BCUT2D eigenvalue weighted by molar-refractivity contribution is 9.10. The number of carbonyl (C=O) groups is 1. The molecular formula is C17H16BrNO4. The average Bonchev–Trinajstić information content (AvgIpc) is 2.59. The minimum absolute atomic E-state index is 0.267. The number of benzene rings is 1. The Kier molecular flexibility index (Phi) is 6.17. The van der Waals surface area contributed by atoms with Gasteiger partial charge in [0.2, 0.25) is 5.88 Å². The monoisotopic (exact) mass is 377 g/mol. The molecule has 0 aliphatic rings. The molecular weight excluding hydrogens is 362 g/mol. The third-order valence-electron chi connectivity index (χ3n) is 3.02. The standard InChI is InChI=1S/C17H16BrNO4/c1-21-11-15(17(20)22-2)14-6-4-3-5-12(14)10-23-16-8-7-13(18)9-19-16/h3-9,11H,10H2,1-2H3/b15-11+. The maximum atomic E-state index is 11.9. The first-order valence-corrected chi connectivity index (χ1v) is 7.59. The van der Waals surface area contributed by atoms with Crippen LogP contribution in [0.25, 0.3) is 5.57 Å². The van der Waals surface area contributed by atoms with Crippen molar-refractivity contribution in [3.8, 4) is 5.88 Å². The Morgan fingerprint density at radius 3 is 2.65 bits per heavy atom. The quantitative estimate of drug-likeness (QED) is 0.437. The fraction of sp³-hybridized carbons (Fsp3) is 0.176. The van der Waals surface area contributed by atoms with Gasteiger partial charge in [0.25, 0.3) is 0 Å². The number of halogens is 1. The molecule has 23 heavy (non-hydrogen) atoms. The number of hydrogen-bond acceptors (Lipinski definition) is 5. The van der Waals surface area contributed by atoms with Gasteiger partial charge < -0.3 is 14.2 Å². The highest BCUT2D eigenvalue weighted by Gasteiger charge is 2.16. The zero-order valence-corrected chi connectivity index (χ0v) is 14.4. The summed E-state index contributed by atoms with van der Waals surface area (Å²) in [6.07, 6.45) is 3.02. The average molecular weight is 378 g/mol. The molecule has 0 amide bonds. The van der Waals surface area contributed by atoms with Crippen molar-refractivity contribution >= 4 is 27.5 Å². The molecule has 0 aliphatic heterocycles. The Hall–Kier alpha value is -2.34. The smallest absolute Gasteiger partial charge is 0.341 e. The molecule has 0 radical (unpaired) electrons. The second-order valence-electron chi connectivity index (χ2n) is 4.52. The third-order valence-corrected chi connectivity index (χ3v) is 3.49. The Bertz CT molecular complexity index is 698. The van der Waals surface area contributed by atoms with E-state index in [2.05, 4.69) is 20.9 Å². The first kappa shape index (κ1) is 17.0. The number of carbonyl (C=O) groups excluding carboxylic acids is 1. The second-order valence-corrected chi connectivity index (χ2v) is 5.43. The molecule has 1 aromatic carbocycles. The molecule has 2 aromatic rings. The SMILES string of the molecule is CO/C=C(/C(=O)OC)c1ccccc1COc1ccc(Br)cn1. The van der Waals surface area contributed by atoms with Crippen molar-refractivity contribution in [2.45, 2.75) is 6.61 Å². The summed E-state index contributed by atoms with van der Waals surface area (Å²) in [6.45, 7) is 0.267. The molecule has 0 atom stereocenters. The first-order valence-electron chi connectivity index (χ1n) is 6.79. The van der Waals surface area contributed by atoms with Gasteiger partial charge in [-0.3, -0.25) is 0 Å². The summed E-state index contributed by atoms with van der Waals surface area (Å²) in [4.78, 5) is 16.1. The minimum Gasteiger partial charge on any atom is -0.503 e. The molecule has 0 N–H and O–H groups in total. The zero-order chi connectivity index (χ0) is 16.7. The van der Waals surface area contributed by atoms with E-state index in [0.29, 0.717) is 17.0 Å². The van der Waals surface area contributed by atoms with Gasteiger partial charge in [0.05, 0.1) is 20.5 Å². The van der Waals surface area contributed by atoms with E-state index in [4.69, 9.17) is 14.2 Å². The lowest BCUT2D eigenvalue weighted by Crippen LogP contribution is -2.08. The summed E-state index contributed by atoms with van der Waals surface area (Å²) in [5.74, 6) is 0.0272. The number of hydrogen-bond donors (Lipinski definition) is 0. The van der Waals surface area contributed by atoms with Crippen molar-refractivity contribution in [1.29, 1.82) is 0 Å². The fourth-order valence-corrected chi connectivity index (χ4v) is 2.19. The predicted molar refractivity (Wildman–Crippen MR) is 89.7 cm³/mol. The second kappa shape index (κ2) is 8.33. The number of nitrogens with zero attached hydrogens (tertiary/aromatic N) is 1. The normalized spacial score (nSPS) is 11.0. The van der Waals surface area contributed by atoms with Gasteiger partial charge in [0.15, 0.2) is 0 Å². The topological polar surface area (TPSA) is 57.7 Å².